The zero-order valence-electron chi connectivity index (χ0n) is 13.4. The van der Waals surface area contributed by atoms with Crippen LogP contribution >= 0.6 is 0 Å². The Balaban J connectivity index is 1.63. The molecule has 2 rings (SSSR count). The summed E-state index contributed by atoms with van der Waals surface area (Å²) in [5.41, 5.74) is 1.02. The topological polar surface area (TPSA) is 74.3 Å². The molecular formula is C15H26N4O2S. The maximum absolute atomic E-state index is 11.0. The first-order valence-corrected chi connectivity index (χ1v) is 9.66. The van der Waals surface area contributed by atoms with Crippen molar-refractivity contribution in [2.75, 3.05) is 44.3 Å². The van der Waals surface area contributed by atoms with E-state index >= 15 is 0 Å². The molecule has 0 bridgehead atoms. The van der Waals surface area contributed by atoms with Gasteiger partial charge in [0.15, 0.2) is 0 Å². The lowest BCUT2D eigenvalue weighted by Gasteiger charge is -2.16. The highest BCUT2D eigenvalue weighted by molar-refractivity contribution is 7.88. The molecule has 124 valence electrons. The van der Waals surface area contributed by atoms with Gasteiger partial charge in [0.1, 0.15) is 5.82 Å². The molecule has 1 aromatic rings. The maximum Gasteiger partial charge on any atom is 0.208 e. The molecular weight excluding hydrogens is 300 g/mol. The van der Waals surface area contributed by atoms with E-state index in [2.05, 4.69) is 19.9 Å². The smallest absolute Gasteiger partial charge is 0.208 e. The Labute approximate surface area is 133 Å². The molecule has 0 amide bonds. The van der Waals surface area contributed by atoms with Crippen LogP contribution < -0.4 is 10.0 Å². The second-order valence-electron chi connectivity index (χ2n) is 6.02. The molecule has 7 heteroatoms. The molecule has 2 heterocycles. The van der Waals surface area contributed by atoms with Gasteiger partial charge in [-0.15, -0.1) is 0 Å². The van der Waals surface area contributed by atoms with Gasteiger partial charge < -0.3 is 10.2 Å². The molecule has 1 unspecified atom stereocenters. The fraction of sp³-hybridized carbons (Fsp3) is 0.667. The number of likely N-dealkylation sites (tertiary alicyclic amines) is 1. The van der Waals surface area contributed by atoms with Crippen molar-refractivity contribution in [3.63, 3.8) is 0 Å². The van der Waals surface area contributed by atoms with Gasteiger partial charge >= 0.3 is 0 Å². The molecule has 0 saturated carbocycles. The Morgan fingerprint density at radius 1 is 1.41 bits per heavy atom. The third kappa shape index (κ3) is 6.29. The van der Waals surface area contributed by atoms with E-state index < -0.39 is 10.0 Å². The number of aromatic nitrogens is 1. The van der Waals surface area contributed by atoms with Crippen molar-refractivity contribution in [1.82, 2.24) is 14.6 Å². The van der Waals surface area contributed by atoms with E-state index in [1.54, 1.807) is 0 Å². The Kier molecular flexibility index (Phi) is 6.16. The van der Waals surface area contributed by atoms with Gasteiger partial charge in [-0.1, -0.05) is 6.07 Å². The van der Waals surface area contributed by atoms with Crippen molar-refractivity contribution in [2.45, 2.75) is 19.8 Å². The number of hydrogen-bond donors (Lipinski definition) is 2. The van der Waals surface area contributed by atoms with E-state index in [-0.39, 0.29) is 0 Å². The minimum absolute atomic E-state index is 0.519. The second kappa shape index (κ2) is 7.89. The van der Waals surface area contributed by atoms with Crippen molar-refractivity contribution < 1.29 is 8.42 Å². The SMILES string of the molecule is Cc1cccc(NCC2CCN(CCCNS(C)(=O)=O)C2)n1. The molecule has 1 aliphatic rings. The molecule has 1 aromatic heterocycles. The lowest BCUT2D eigenvalue weighted by atomic mass is 10.1. The molecule has 1 aliphatic heterocycles. The molecule has 0 radical (unpaired) electrons. The summed E-state index contributed by atoms with van der Waals surface area (Å²) in [6.45, 7) is 6.55. The minimum atomic E-state index is -3.06. The molecule has 1 saturated heterocycles. The van der Waals surface area contributed by atoms with Crippen LogP contribution in [0, 0.1) is 12.8 Å². The van der Waals surface area contributed by atoms with Crippen molar-refractivity contribution in [3.05, 3.63) is 23.9 Å². The number of rotatable bonds is 8. The molecule has 6 nitrogen and oxygen atoms in total. The van der Waals surface area contributed by atoms with E-state index in [9.17, 15) is 8.42 Å². The summed E-state index contributed by atoms with van der Waals surface area (Å²) in [6, 6.07) is 6.00. The molecule has 2 N–H and O–H groups in total. The van der Waals surface area contributed by atoms with Gasteiger partial charge in [0, 0.05) is 25.3 Å². The first-order valence-electron chi connectivity index (χ1n) is 7.77. The number of hydrogen-bond acceptors (Lipinski definition) is 5. The van der Waals surface area contributed by atoms with Crippen LogP contribution in [0.15, 0.2) is 18.2 Å². The summed E-state index contributed by atoms with van der Waals surface area (Å²) in [6.07, 6.45) is 3.23. The fourth-order valence-electron chi connectivity index (χ4n) is 2.73. The number of nitrogens with zero attached hydrogens (tertiary/aromatic N) is 2. The normalized spacial score (nSPS) is 19.5. The minimum Gasteiger partial charge on any atom is -0.370 e. The monoisotopic (exact) mass is 326 g/mol. The Morgan fingerprint density at radius 3 is 2.95 bits per heavy atom. The number of nitrogens with one attached hydrogen (secondary N) is 2. The summed E-state index contributed by atoms with van der Waals surface area (Å²) in [5.74, 6) is 1.57. The lowest BCUT2D eigenvalue weighted by Crippen LogP contribution is -2.29. The summed E-state index contributed by atoms with van der Waals surface area (Å²) < 4.78 is 24.5. The van der Waals surface area contributed by atoms with Gasteiger partial charge in [-0.3, -0.25) is 0 Å². The first kappa shape index (κ1) is 17.2. The zero-order valence-corrected chi connectivity index (χ0v) is 14.2. The van der Waals surface area contributed by atoms with Gasteiger partial charge in [-0.25, -0.2) is 18.1 Å². The van der Waals surface area contributed by atoms with E-state index in [0.29, 0.717) is 12.5 Å². The standard InChI is InChI=1S/C15H26N4O2S/c1-13-5-3-6-15(18-13)16-11-14-7-10-19(12-14)9-4-8-17-22(2,20)21/h3,5-6,14,17H,4,7-12H2,1-2H3,(H,16,18). The summed E-state index contributed by atoms with van der Waals surface area (Å²) >= 11 is 0. The van der Waals surface area contributed by atoms with E-state index in [0.717, 1.165) is 44.1 Å². The van der Waals surface area contributed by atoms with Crippen LogP contribution in [0.1, 0.15) is 18.5 Å². The average molecular weight is 326 g/mol. The number of anilines is 1. The van der Waals surface area contributed by atoms with Gasteiger partial charge in [0.25, 0.3) is 0 Å². The number of aryl methyl sites for hydroxylation is 1. The highest BCUT2D eigenvalue weighted by Crippen LogP contribution is 2.17. The average Bonchev–Trinajstić information content (AvgIpc) is 2.88. The van der Waals surface area contributed by atoms with Crippen molar-refractivity contribution in [2.24, 2.45) is 5.92 Å². The highest BCUT2D eigenvalue weighted by Gasteiger charge is 2.21. The molecule has 22 heavy (non-hydrogen) atoms. The highest BCUT2D eigenvalue weighted by atomic mass is 32.2. The van der Waals surface area contributed by atoms with Gasteiger partial charge in [-0.05, 0) is 50.9 Å². The van der Waals surface area contributed by atoms with E-state index in [1.807, 2.05) is 25.1 Å². The van der Waals surface area contributed by atoms with E-state index in [1.165, 1.54) is 12.7 Å². The summed E-state index contributed by atoms with van der Waals surface area (Å²) in [4.78, 5) is 6.85. The third-order valence-electron chi connectivity index (χ3n) is 3.85. The van der Waals surface area contributed by atoms with E-state index in [4.69, 9.17) is 0 Å². The second-order valence-corrected chi connectivity index (χ2v) is 7.85. The van der Waals surface area contributed by atoms with Crippen molar-refractivity contribution >= 4 is 15.8 Å². The van der Waals surface area contributed by atoms with Crippen LogP contribution in [0.4, 0.5) is 5.82 Å². The molecule has 1 atom stereocenters. The van der Waals surface area contributed by atoms with Gasteiger partial charge in [-0.2, -0.15) is 0 Å². The molecule has 0 aromatic carbocycles. The summed E-state index contributed by atoms with van der Waals surface area (Å²) in [5, 5.41) is 3.41. The largest absolute Gasteiger partial charge is 0.370 e. The fourth-order valence-corrected chi connectivity index (χ4v) is 3.25. The lowest BCUT2D eigenvalue weighted by molar-refractivity contribution is 0.322. The van der Waals surface area contributed by atoms with Crippen LogP contribution in [-0.4, -0.2) is 57.3 Å². The molecule has 0 aliphatic carbocycles. The zero-order chi connectivity index (χ0) is 16.0. The quantitative estimate of drug-likeness (QED) is 0.699. The van der Waals surface area contributed by atoms with Crippen molar-refractivity contribution in [1.29, 1.82) is 0 Å². The Morgan fingerprint density at radius 2 is 2.23 bits per heavy atom. The predicted molar refractivity (Wildman–Crippen MR) is 89.5 cm³/mol. The van der Waals surface area contributed by atoms with Crippen LogP contribution in [0.25, 0.3) is 0 Å². The maximum atomic E-state index is 11.0. The van der Waals surface area contributed by atoms with Crippen LogP contribution in [0.3, 0.4) is 0 Å². The molecule has 0 spiro atoms. The number of sulfonamides is 1. The van der Waals surface area contributed by atoms with Gasteiger partial charge in [0.2, 0.25) is 10.0 Å². The number of pyridine rings is 1. The van der Waals surface area contributed by atoms with Crippen LogP contribution in [0.5, 0.6) is 0 Å². The molecule has 1 fully saturated rings. The Bertz CT molecular complexity index is 577. The third-order valence-corrected chi connectivity index (χ3v) is 4.57. The Hall–Kier alpha value is -1.18. The van der Waals surface area contributed by atoms with Gasteiger partial charge in [0.05, 0.1) is 6.26 Å². The van der Waals surface area contributed by atoms with Crippen LogP contribution in [0.2, 0.25) is 0 Å². The predicted octanol–water partition coefficient (Wildman–Crippen LogP) is 1.06. The first-order chi connectivity index (χ1) is 10.4. The van der Waals surface area contributed by atoms with Crippen LogP contribution in [-0.2, 0) is 10.0 Å². The summed E-state index contributed by atoms with van der Waals surface area (Å²) in [7, 11) is -3.06. The van der Waals surface area contributed by atoms with Crippen molar-refractivity contribution in [3.8, 4) is 0 Å².